The molecule has 5 nitrogen and oxygen atoms in total. The highest BCUT2D eigenvalue weighted by Gasteiger charge is 2.30. The van der Waals surface area contributed by atoms with Crippen LogP contribution >= 0.6 is 0 Å². The Morgan fingerprint density at radius 1 is 1.47 bits per heavy atom. The third-order valence-electron chi connectivity index (χ3n) is 3.09. The van der Waals surface area contributed by atoms with Crippen molar-refractivity contribution in [1.29, 1.82) is 0 Å². The largest absolute Gasteiger partial charge is 0.548 e. The molecule has 0 N–H and O–H groups in total. The Labute approximate surface area is 99.0 Å². The van der Waals surface area contributed by atoms with E-state index in [1.54, 1.807) is 13.0 Å². The molecule has 0 aliphatic carbocycles. The molecule has 2 heterocycles. The molecule has 0 spiro atoms. The van der Waals surface area contributed by atoms with Crippen molar-refractivity contribution in [3.63, 3.8) is 0 Å². The maximum Gasteiger partial charge on any atom is 0.290 e. The van der Waals surface area contributed by atoms with Crippen molar-refractivity contribution in [2.45, 2.75) is 32.2 Å². The van der Waals surface area contributed by atoms with E-state index in [1.165, 1.54) is 11.2 Å². The van der Waals surface area contributed by atoms with Crippen LogP contribution in [-0.4, -0.2) is 29.4 Å². The predicted octanol–water partition coefficient (Wildman–Crippen LogP) is 0.333. The lowest BCUT2D eigenvalue weighted by molar-refractivity contribution is -0.311. The Kier molecular flexibility index (Phi) is 3.17. The molecule has 17 heavy (non-hydrogen) atoms. The summed E-state index contributed by atoms with van der Waals surface area (Å²) in [5.41, 5.74) is 0.720. The fraction of sp³-hybridized carbons (Fsp3) is 0.500. The molecule has 5 heteroatoms. The summed E-state index contributed by atoms with van der Waals surface area (Å²) < 4.78 is 5.10. The van der Waals surface area contributed by atoms with E-state index >= 15 is 0 Å². The first-order chi connectivity index (χ1) is 8.11. The molecule has 1 fully saturated rings. The minimum atomic E-state index is -1.19. The number of carboxylic acid groups (broad SMARTS) is 1. The standard InChI is InChI=1S/C12H15NO4/c1-8-5-7-17-10(8)11(14)13-6-3-2-4-9(13)12(15)16/h5,7,9H,2-4,6H2,1H3,(H,15,16)/p-1/t9-/m0/s1. The second kappa shape index (κ2) is 4.61. The molecule has 1 saturated heterocycles. The van der Waals surface area contributed by atoms with Crippen LogP contribution in [0.1, 0.15) is 35.4 Å². The first kappa shape index (κ1) is 11.7. The maximum atomic E-state index is 12.1. The Bertz CT molecular complexity index is 437. The molecule has 1 amide bonds. The maximum absolute atomic E-state index is 12.1. The van der Waals surface area contributed by atoms with E-state index in [9.17, 15) is 14.7 Å². The second-order valence-corrected chi connectivity index (χ2v) is 4.26. The van der Waals surface area contributed by atoms with Gasteiger partial charge in [-0.3, -0.25) is 4.79 Å². The van der Waals surface area contributed by atoms with Gasteiger partial charge in [0.1, 0.15) is 0 Å². The quantitative estimate of drug-likeness (QED) is 0.741. The van der Waals surface area contributed by atoms with Gasteiger partial charge in [0.2, 0.25) is 0 Å². The molecule has 0 radical (unpaired) electrons. The monoisotopic (exact) mass is 236 g/mol. The van der Waals surface area contributed by atoms with Gasteiger partial charge in [0.05, 0.1) is 18.3 Å². The van der Waals surface area contributed by atoms with Gasteiger partial charge in [-0.15, -0.1) is 0 Å². The zero-order chi connectivity index (χ0) is 12.4. The Hall–Kier alpha value is -1.78. The zero-order valence-electron chi connectivity index (χ0n) is 9.64. The van der Waals surface area contributed by atoms with Crippen molar-refractivity contribution in [2.24, 2.45) is 0 Å². The lowest BCUT2D eigenvalue weighted by atomic mass is 10.0. The van der Waals surface area contributed by atoms with Crippen molar-refractivity contribution < 1.29 is 19.1 Å². The number of likely N-dealkylation sites (tertiary alicyclic amines) is 1. The predicted molar refractivity (Wildman–Crippen MR) is 57.1 cm³/mol. The fourth-order valence-electron chi connectivity index (χ4n) is 2.14. The van der Waals surface area contributed by atoms with Crippen LogP contribution < -0.4 is 5.11 Å². The molecule has 0 aromatic carbocycles. The van der Waals surface area contributed by atoms with Gasteiger partial charge >= 0.3 is 0 Å². The van der Waals surface area contributed by atoms with Crippen molar-refractivity contribution in [3.05, 3.63) is 23.7 Å². The van der Waals surface area contributed by atoms with E-state index in [1.807, 2.05) is 0 Å². The first-order valence-corrected chi connectivity index (χ1v) is 5.67. The number of piperidine rings is 1. The third kappa shape index (κ3) is 2.18. The van der Waals surface area contributed by atoms with Crippen LogP contribution in [-0.2, 0) is 4.79 Å². The lowest BCUT2D eigenvalue weighted by Crippen LogP contribution is -2.52. The number of carboxylic acids is 1. The smallest absolute Gasteiger partial charge is 0.290 e. The number of carbonyl (C=O) groups is 2. The number of hydrogen-bond donors (Lipinski definition) is 0. The second-order valence-electron chi connectivity index (χ2n) is 4.26. The molecule has 0 saturated carbocycles. The minimum Gasteiger partial charge on any atom is -0.548 e. The van der Waals surface area contributed by atoms with E-state index in [0.717, 1.165) is 18.4 Å². The van der Waals surface area contributed by atoms with Gasteiger partial charge in [-0.1, -0.05) is 0 Å². The Morgan fingerprint density at radius 3 is 2.82 bits per heavy atom. The summed E-state index contributed by atoms with van der Waals surface area (Å²) in [6, 6.07) is 0.853. The summed E-state index contributed by atoms with van der Waals surface area (Å²) in [7, 11) is 0. The van der Waals surface area contributed by atoms with Crippen molar-refractivity contribution in [2.75, 3.05) is 6.54 Å². The topological polar surface area (TPSA) is 73.6 Å². The van der Waals surface area contributed by atoms with Gasteiger partial charge < -0.3 is 19.2 Å². The van der Waals surface area contributed by atoms with E-state index < -0.39 is 12.0 Å². The van der Waals surface area contributed by atoms with Crippen LogP contribution in [0.25, 0.3) is 0 Å². The SMILES string of the molecule is Cc1ccoc1C(=O)N1CCCC[C@H]1C(=O)[O-]. The van der Waals surface area contributed by atoms with Gasteiger partial charge in [0.15, 0.2) is 5.76 Å². The van der Waals surface area contributed by atoms with Gasteiger partial charge in [0, 0.05) is 12.1 Å². The molecule has 1 atom stereocenters. The summed E-state index contributed by atoms with van der Waals surface area (Å²) in [5.74, 6) is -1.33. The van der Waals surface area contributed by atoms with Crippen molar-refractivity contribution >= 4 is 11.9 Å². The molecule has 1 aliphatic heterocycles. The molecular weight excluding hydrogens is 222 g/mol. The van der Waals surface area contributed by atoms with E-state index in [0.29, 0.717) is 13.0 Å². The third-order valence-corrected chi connectivity index (χ3v) is 3.09. The summed E-state index contributed by atoms with van der Waals surface area (Å²) in [6.45, 7) is 2.20. The molecule has 0 bridgehead atoms. The Balaban J connectivity index is 2.23. The molecular formula is C12H14NO4-. The zero-order valence-corrected chi connectivity index (χ0v) is 9.64. The number of rotatable bonds is 2. The highest BCUT2D eigenvalue weighted by atomic mass is 16.4. The van der Waals surface area contributed by atoms with Crippen LogP contribution in [0, 0.1) is 6.92 Å². The Morgan fingerprint density at radius 2 is 2.24 bits per heavy atom. The number of nitrogens with zero attached hydrogens (tertiary/aromatic N) is 1. The average molecular weight is 236 g/mol. The highest BCUT2D eigenvalue weighted by Crippen LogP contribution is 2.21. The van der Waals surface area contributed by atoms with E-state index in [-0.39, 0.29) is 11.7 Å². The van der Waals surface area contributed by atoms with Crippen LogP contribution in [0.2, 0.25) is 0 Å². The summed E-state index contributed by atoms with van der Waals surface area (Å²) in [4.78, 5) is 24.5. The van der Waals surface area contributed by atoms with Crippen LogP contribution in [0.4, 0.5) is 0 Å². The number of aryl methyl sites for hydroxylation is 1. The van der Waals surface area contributed by atoms with Gasteiger partial charge in [-0.05, 0) is 32.3 Å². The fourth-order valence-corrected chi connectivity index (χ4v) is 2.14. The minimum absolute atomic E-state index is 0.221. The van der Waals surface area contributed by atoms with Crippen molar-refractivity contribution in [1.82, 2.24) is 4.90 Å². The van der Waals surface area contributed by atoms with Crippen LogP contribution in [0.5, 0.6) is 0 Å². The van der Waals surface area contributed by atoms with E-state index in [2.05, 4.69) is 0 Å². The number of carbonyl (C=O) groups excluding carboxylic acids is 2. The molecule has 0 unspecified atom stereocenters. The van der Waals surface area contributed by atoms with E-state index in [4.69, 9.17) is 4.42 Å². The van der Waals surface area contributed by atoms with Crippen LogP contribution in [0.3, 0.4) is 0 Å². The molecule has 92 valence electrons. The average Bonchev–Trinajstić information content (AvgIpc) is 2.74. The van der Waals surface area contributed by atoms with Gasteiger partial charge in [-0.2, -0.15) is 0 Å². The number of amides is 1. The normalized spacial score (nSPS) is 20.3. The summed E-state index contributed by atoms with van der Waals surface area (Å²) in [5, 5.41) is 11.0. The van der Waals surface area contributed by atoms with Gasteiger partial charge in [0.25, 0.3) is 5.91 Å². The first-order valence-electron chi connectivity index (χ1n) is 5.67. The highest BCUT2D eigenvalue weighted by molar-refractivity contribution is 5.95. The van der Waals surface area contributed by atoms with Crippen LogP contribution in [0.15, 0.2) is 16.7 Å². The molecule has 2 rings (SSSR count). The summed E-state index contributed by atoms with van der Waals surface area (Å²) >= 11 is 0. The summed E-state index contributed by atoms with van der Waals surface area (Å²) in [6.07, 6.45) is 3.50. The van der Waals surface area contributed by atoms with Gasteiger partial charge in [-0.25, -0.2) is 0 Å². The number of furan rings is 1. The molecule has 1 aromatic heterocycles. The number of hydrogen-bond acceptors (Lipinski definition) is 4. The number of aliphatic carboxylic acids is 1. The molecule has 1 aliphatic rings. The molecule has 1 aromatic rings. The lowest BCUT2D eigenvalue weighted by Gasteiger charge is -2.35. The van der Waals surface area contributed by atoms with Crippen molar-refractivity contribution in [3.8, 4) is 0 Å².